The molecule has 140 valence electrons. The Labute approximate surface area is 148 Å². The number of hydrogen-bond donors (Lipinski definition) is 2. The third-order valence-electron chi connectivity index (χ3n) is 5.12. The molecule has 1 atom stereocenters. The Morgan fingerprint density at radius 1 is 1.08 bits per heavy atom. The summed E-state index contributed by atoms with van der Waals surface area (Å²) >= 11 is 0. The highest BCUT2D eigenvalue weighted by Crippen LogP contribution is 2.19. The zero-order chi connectivity index (χ0) is 17.0. The molecular formula is C19H38N4O. The van der Waals surface area contributed by atoms with Crippen molar-refractivity contribution in [3.05, 3.63) is 0 Å². The highest BCUT2D eigenvalue weighted by Gasteiger charge is 2.17. The highest BCUT2D eigenvalue weighted by molar-refractivity contribution is 5.79. The largest absolute Gasteiger partial charge is 0.376 e. The molecule has 1 heterocycles. The van der Waals surface area contributed by atoms with Crippen LogP contribution in [0.25, 0.3) is 0 Å². The molecule has 0 spiro atoms. The van der Waals surface area contributed by atoms with Gasteiger partial charge in [0.15, 0.2) is 5.96 Å². The number of piperidine rings is 1. The summed E-state index contributed by atoms with van der Waals surface area (Å²) in [6.07, 6.45) is 11.0. The van der Waals surface area contributed by atoms with Crippen LogP contribution in [-0.4, -0.2) is 63.3 Å². The third-order valence-corrected chi connectivity index (χ3v) is 5.12. The van der Waals surface area contributed by atoms with Crippen molar-refractivity contribution in [3.8, 4) is 0 Å². The molecule has 0 radical (unpaired) electrons. The third kappa shape index (κ3) is 7.84. The molecule has 0 aromatic rings. The Kier molecular flexibility index (Phi) is 9.51. The summed E-state index contributed by atoms with van der Waals surface area (Å²) in [5.41, 5.74) is 0. The number of rotatable bonds is 7. The normalized spacial score (nSPS) is 24.6. The number of likely N-dealkylation sites (tertiary alicyclic amines) is 1. The van der Waals surface area contributed by atoms with E-state index in [1.165, 1.54) is 64.5 Å². The van der Waals surface area contributed by atoms with Crippen molar-refractivity contribution in [2.45, 2.75) is 64.4 Å². The monoisotopic (exact) mass is 338 g/mol. The standard InChI is InChI=1S/C19H38N4O/c1-3-20-19(22-15-17-9-8-13-23(2)16-17)21-12-14-24-18-10-6-4-5-7-11-18/h17-18H,3-16H2,1-2H3,(H2,20,21,22). The first-order valence-electron chi connectivity index (χ1n) is 10.1. The van der Waals surface area contributed by atoms with Gasteiger partial charge in [-0.1, -0.05) is 25.7 Å². The number of ether oxygens (including phenoxy) is 1. The molecule has 2 fully saturated rings. The molecule has 1 saturated carbocycles. The lowest BCUT2D eigenvalue weighted by Gasteiger charge is -2.28. The molecule has 1 aliphatic carbocycles. The van der Waals surface area contributed by atoms with Crippen LogP contribution in [0.1, 0.15) is 58.3 Å². The zero-order valence-corrected chi connectivity index (χ0v) is 15.9. The maximum absolute atomic E-state index is 6.05. The Balaban J connectivity index is 1.65. The number of guanidine groups is 1. The number of hydrogen-bond acceptors (Lipinski definition) is 3. The summed E-state index contributed by atoms with van der Waals surface area (Å²) in [4.78, 5) is 7.20. The van der Waals surface area contributed by atoms with Gasteiger partial charge in [0.25, 0.3) is 0 Å². The fraction of sp³-hybridized carbons (Fsp3) is 0.947. The first kappa shape index (κ1) is 19.5. The molecule has 1 unspecified atom stereocenters. The summed E-state index contributed by atoms with van der Waals surface area (Å²) in [5, 5.41) is 6.78. The minimum atomic E-state index is 0.478. The zero-order valence-electron chi connectivity index (χ0n) is 15.9. The lowest BCUT2D eigenvalue weighted by Crippen LogP contribution is -2.40. The molecule has 5 nitrogen and oxygen atoms in total. The first-order chi connectivity index (χ1) is 11.8. The summed E-state index contributed by atoms with van der Waals surface area (Å²) < 4.78 is 6.05. The van der Waals surface area contributed by atoms with Gasteiger partial charge in [-0.25, -0.2) is 0 Å². The van der Waals surface area contributed by atoms with E-state index in [1.54, 1.807) is 0 Å². The van der Waals surface area contributed by atoms with Crippen molar-refractivity contribution < 1.29 is 4.74 Å². The van der Waals surface area contributed by atoms with Gasteiger partial charge < -0.3 is 20.3 Å². The number of nitrogens with one attached hydrogen (secondary N) is 2. The van der Waals surface area contributed by atoms with E-state index in [2.05, 4.69) is 29.5 Å². The Morgan fingerprint density at radius 2 is 1.88 bits per heavy atom. The molecule has 0 bridgehead atoms. The van der Waals surface area contributed by atoms with Gasteiger partial charge in [0.1, 0.15) is 0 Å². The van der Waals surface area contributed by atoms with Crippen LogP contribution >= 0.6 is 0 Å². The van der Waals surface area contributed by atoms with Crippen LogP contribution in [-0.2, 0) is 4.74 Å². The van der Waals surface area contributed by atoms with Crippen LogP contribution in [0.4, 0.5) is 0 Å². The minimum absolute atomic E-state index is 0.478. The lowest BCUT2D eigenvalue weighted by atomic mass is 9.99. The van der Waals surface area contributed by atoms with Gasteiger partial charge in [0.05, 0.1) is 12.7 Å². The molecule has 0 amide bonds. The summed E-state index contributed by atoms with van der Waals surface area (Å²) in [6, 6.07) is 0. The fourth-order valence-corrected chi connectivity index (χ4v) is 3.79. The fourth-order valence-electron chi connectivity index (χ4n) is 3.79. The van der Waals surface area contributed by atoms with E-state index in [-0.39, 0.29) is 0 Å². The lowest BCUT2D eigenvalue weighted by molar-refractivity contribution is 0.0468. The van der Waals surface area contributed by atoms with E-state index in [4.69, 9.17) is 9.73 Å². The molecule has 5 heteroatoms. The summed E-state index contributed by atoms with van der Waals surface area (Å²) in [5.74, 6) is 1.64. The topological polar surface area (TPSA) is 48.9 Å². The van der Waals surface area contributed by atoms with Crippen LogP contribution in [0.3, 0.4) is 0 Å². The van der Waals surface area contributed by atoms with Gasteiger partial charge in [0.2, 0.25) is 0 Å². The van der Waals surface area contributed by atoms with Crippen LogP contribution in [0, 0.1) is 5.92 Å². The Hall–Kier alpha value is -0.810. The summed E-state index contributed by atoms with van der Waals surface area (Å²) in [7, 11) is 2.21. The predicted octanol–water partition coefficient (Wildman–Crippen LogP) is 2.62. The summed E-state index contributed by atoms with van der Waals surface area (Å²) in [6.45, 7) is 7.97. The molecule has 1 aliphatic heterocycles. The van der Waals surface area contributed by atoms with Gasteiger partial charge in [-0.15, -0.1) is 0 Å². The van der Waals surface area contributed by atoms with Crippen molar-refractivity contribution in [3.63, 3.8) is 0 Å². The Bertz CT molecular complexity index is 353. The van der Waals surface area contributed by atoms with Crippen LogP contribution in [0.5, 0.6) is 0 Å². The van der Waals surface area contributed by atoms with Crippen molar-refractivity contribution in [1.82, 2.24) is 15.5 Å². The molecule has 0 aromatic carbocycles. The number of nitrogens with zero attached hydrogens (tertiary/aromatic N) is 2. The van der Waals surface area contributed by atoms with Gasteiger partial charge in [-0.05, 0) is 52.1 Å². The second-order valence-corrected chi connectivity index (χ2v) is 7.40. The van der Waals surface area contributed by atoms with E-state index in [0.717, 1.165) is 32.2 Å². The molecular weight excluding hydrogens is 300 g/mol. The second-order valence-electron chi connectivity index (χ2n) is 7.40. The van der Waals surface area contributed by atoms with E-state index >= 15 is 0 Å². The maximum Gasteiger partial charge on any atom is 0.191 e. The highest BCUT2D eigenvalue weighted by atomic mass is 16.5. The Morgan fingerprint density at radius 3 is 2.58 bits per heavy atom. The van der Waals surface area contributed by atoms with Gasteiger partial charge >= 0.3 is 0 Å². The van der Waals surface area contributed by atoms with E-state index < -0.39 is 0 Å². The average Bonchev–Trinajstić information content (AvgIpc) is 2.85. The minimum Gasteiger partial charge on any atom is -0.376 e. The molecule has 1 saturated heterocycles. The maximum atomic E-state index is 6.05. The van der Waals surface area contributed by atoms with E-state index in [0.29, 0.717) is 12.0 Å². The average molecular weight is 339 g/mol. The van der Waals surface area contributed by atoms with E-state index in [9.17, 15) is 0 Å². The van der Waals surface area contributed by atoms with Crippen molar-refractivity contribution in [2.75, 3.05) is 46.4 Å². The van der Waals surface area contributed by atoms with E-state index in [1.807, 2.05) is 0 Å². The van der Waals surface area contributed by atoms with Crippen molar-refractivity contribution in [2.24, 2.45) is 10.9 Å². The SMILES string of the molecule is CCNC(=NCC1CCCN(C)C1)NCCOC1CCCCCC1. The molecule has 2 N–H and O–H groups in total. The smallest absolute Gasteiger partial charge is 0.191 e. The quantitative estimate of drug-likeness (QED) is 0.324. The molecule has 0 aromatic heterocycles. The van der Waals surface area contributed by atoms with Gasteiger partial charge in [-0.3, -0.25) is 4.99 Å². The first-order valence-corrected chi connectivity index (χ1v) is 10.1. The van der Waals surface area contributed by atoms with Gasteiger partial charge in [0, 0.05) is 26.2 Å². The van der Waals surface area contributed by atoms with Crippen LogP contribution in [0.2, 0.25) is 0 Å². The van der Waals surface area contributed by atoms with Gasteiger partial charge in [-0.2, -0.15) is 0 Å². The molecule has 2 aliphatic rings. The molecule has 24 heavy (non-hydrogen) atoms. The predicted molar refractivity (Wildman–Crippen MR) is 102 cm³/mol. The van der Waals surface area contributed by atoms with Crippen LogP contribution in [0.15, 0.2) is 4.99 Å². The van der Waals surface area contributed by atoms with Crippen molar-refractivity contribution >= 4 is 5.96 Å². The van der Waals surface area contributed by atoms with Crippen molar-refractivity contribution in [1.29, 1.82) is 0 Å². The molecule has 2 rings (SSSR count). The second kappa shape index (κ2) is 11.7. The van der Waals surface area contributed by atoms with Crippen LogP contribution < -0.4 is 10.6 Å². The number of aliphatic imine (C=N–C) groups is 1.